The van der Waals surface area contributed by atoms with Crippen molar-refractivity contribution in [2.75, 3.05) is 19.7 Å². The topological polar surface area (TPSA) is 84.7 Å². The second-order valence-electron chi connectivity index (χ2n) is 5.46. The average Bonchev–Trinajstić information content (AvgIpc) is 3.04. The molecule has 7 nitrogen and oxygen atoms in total. The van der Waals surface area contributed by atoms with E-state index in [1.807, 2.05) is 0 Å². The number of carbonyl (C=O) groups is 2. The van der Waals surface area contributed by atoms with Crippen LogP contribution in [-0.4, -0.2) is 57.5 Å². The first kappa shape index (κ1) is 16.1. The quantitative estimate of drug-likeness (QED) is 0.912. The van der Waals surface area contributed by atoms with Crippen LogP contribution in [0.5, 0.6) is 0 Å². The average molecular weight is 333 g/mol. The van der Waals surface area contributed by atoms with Crippen LogP contribution in [0, 0.1) is 5.82 Å². The van der Waals surface area contributed by atoms with E-state index < -0.39 is 12.1 Å². The number of amides is 1. The molecule has 0 radical (unpaired) electrons. The van der Waals surface area contributed by atoms with Crippen LogP contribution < -0.4 is 0 Å². The fourth-order valence-corrected chi connectivity index (χ4v) is 2.56. The van der Waals surface area contributed by atoms with Gasteiger partial charge in [-0.05, 0) is 30.3 Å². The number of rotatable bonds is 4. The van der Waals surface area contributed by atoms with Gasteiger partial charge in [-0.15, -0.1) is 0 Å². The fraction of sp³-hybridized carbons (Fsp3) is 0.312. The van der Waals surface area contributed by atoms with Crippen LogP contribution in [0.1, 0.15) is 16.9 Å². The van der Waals surface area contributed by atoms with Crippen LogP contribution in [-0.2, 0) is 9.53 Å². The summed E-state index contributed by atoms with van der Waals surface area (Å²) in [5.41, 5.74) is 0.886. The van der Waals surface area contributed by atoms with Gasteiger partial charge in [0.2, 0.25) is 0 Å². The number of carbonyl (C=O) groups excluding carboxylic acids is 1. The predicted octanol–water partition coefficient (Wildman–Crippen LogP) is 1.33. The molecule has 1 aliphatic heterocycles. The van der Waals surface area contributed by atoms with E-state index in [2.05, 4.69) is 5.10 Å². The first-order chi connectivity index (χ1) is 11.5. The lowest BCUT2D eigenvalue weighted by atomic mass is 10.2. The number of ether oxygens (including phenoxy) is 1. The second kappa shape index (κ2) is 6.79. The number of benzene rings is 1. The number of hydrogen-bond donors (Lipinski definition) is 1. The van der Waals surface area contributed by atoms with Crippen molar-refractivity contribution in [3.8, 4) is 5.69 Å². The zero-order valence-electron chi connectivity index (χ0n) is 12.8. The molecule has 2 heterocycles. The third-order valence-electron chi connectivity index (χ3n) is 3.73. The van der Waals surface area contributed by atoms with E-state index in [4.69, 9.17) is 9.84 Å². The smallest absolute Gasteiger partial charge is 0.306 e. The van der Waals surface area contributed by atoms with Crippen molar-refractivity contribution in [3.63, 3.8) is 0 Å². The van der Waals surface area contributed by atoms with Crippen molar-refractivity contribution in [3.05, 3.63) is 48.0 Å². The number of carboxylic acid groups (broad SMARTS) is 1. The van der Waals surface area contributed by atoms with Crippen molar-refractivity contribution in [2.45, 2.75) is 12.5 Å². The van der Waals surface area contributed by atoms with E-state index in [0.717, 1.165) is 0 Å². The summed E-state index contributed by atoms with van der Waals surface area (Å²) in [5.74, 6) is -1.59. The highest BCUT2D eigenvalue weighted by molar-refractivity contribution is 5.92. The van der Waals surface area contributed by atoms with Crippen LogP contribution >= 0.6 is 0 Å². The van der Waals surface area contributed by atoms with Crippen molar-refractivity contribution in [1.82, 2.24) is 14.7 Å². The molecule has 2 aromatic rings. The Labute approximate surface area is 137 Å². The molecule has 1 amide bonds. The van der Waals surface area contributed by atoms with Gasteiger partial charge in [0.15, 0.2) is 5.69 Å². The molecule has 0 saturated carbocycles. The van der Waals surface area contributed by atoms with Gasteiger partial charge < -0.3 is 14.7 Å². The molecule has 0 aliphatic carbocycles. The molecule has 24 heavy (non-hydrogen) atoms. The number of hydrogen-bond acceptors (Lipinski definition) is 4. The van der Waals surface area contributed by atoms with E-state index >= 15 is 0 Å². The Hall–Kier alpha value is -2.74. The maximum absolute atomic E-state index is 13.0. The summed E-state index contributed by atoms with van der Waals surface area (Å²) >= 11 is 0. The van der Waals surface area contributed by atoms with Gasteiger partial charge in [0.05, 0.1) is 24.8 Å². The van der Waals surface area contributed by atoms with E-state index in [1.165, 1.54) is 21.7 Å². The Morgan fingerprint density at radius 1 is 1.29 bits per heavy atom. The highest BCUT2D eigenvalue weighted by Gasteiger charge is 2.27. The standard InChI is InChI=1S/C16H16FN3O4/c17-11-1-3-12(4-2-11)20-6-5-14(18-20)16(23)19-7-8-24-13(10-19)9-15(21)22/h1-6,13H,7-10H2,(H,21,22). The van der Waals surface area contributed by atoms with Gasteiger partial charge in [-0.2, -0.15) is 5.10 Å². The van der Waals surface area contributed by atoms with Crippen molar-refractivity contribution >= 4 is 11.9 Å². The highest BCUT2D eigenvalue weighted by Crippen LogP contribution is 2.14. The molecule has 1 unspecified atom stereocenters. The normalized spacial score (nSPS) is 17.7. The Balaban J connectivity index is 1.71. The minimum atomic E-state index is -0.963. The van der Waals surface area contributed by atoms with Crippen LogP contribution in [0.2, 0.25) is 0 Å². The second-order valence-corrected chi connectivity index (χ2v) is 5.46. The Kier molecular flexibility index (Phi) is 4.57. The summed E-state index contributed by atoms with van der Waals surface area (Å²) in [5, 5.41) is 13.0. The minimum absolute atomic E-state index is 0.145. The van der Waals surface area contributed by atoms with Gasteiger partial charge >= 0.3 is 5.97 Å². The Bertz CT molecular complexity index is 744. The molecule has 0 bridgehead atoms. The van der Waals surface area contributed by atoms with Gasteiger partial charge in [0.25, 0.3) is 5.91 Å². The molecule has 1 atom stereocenters. The van der Waals surface area contributed by atoms with Crippen molar-refractivity contribution < 1.29 is 23.8 Å². The van der Waals surface area contributed by atoms with Crippen LogP contribution in [0.4, 0.5) is 4.39 Å². The molecule has 0 spiro atoms. The molecule has 8 heteroatoms. The van der Waals surface area contributed by atoms with Crippen molar-refractivity contribution in [1.29, 1.82) is 0 Å². The molecule has 1 saturated heterocycles. The molecular formula is C16H16FN3O4. The number of morpholine rings is 1. The molecule has 3 rings (SSSR count). The summed E-state index contributed by atoms with van der Waals surface area (Å²) < 4.78 is 19.8. The molecule has 1 N–H and O–H groups in total. The molecule has 1 aromatic heterocycles. The zero-order valence-corrected chi connectivity index (χ0v) is 12.8. The highest BCUT2D eigenvalue weighted by atomic mass is 19.1. The Morgan fingerprint density at radius 2 is 2.04 bits per heavy atom. The summed E-state index contributed by atoms with van der Waals surface area (Å²) in [6, 6.07) is 7.34. The maximum Gasteiger partial charge on any atom is 0.306 e. The first-order valence-corrected chi connectivity index (χ1v) is 7.47. The van der Waals surface area contributed by atoms with Gasteiger partial charge in [0, 0.05) is 19.3 Å². The lowest BCUT2D eigenvalue weighted by molar-refractivity contribution is -0.141. The SMILES string of the molecule is O=C(O)CC1CN(C(=O)c2ccn(-c3ccc(F)cc3)n2)CCO1. The van der Waals surface area contributed by atoms with Crippen LogP contribution in [0.25, 0.3) is 5.69 Å². The number of aliphatic carboxylic acids is 1. The summed E-state index contributed by atoms with van der Waals surface area (Å²) in [6.45, 7) is 0.898. The van der Waals surface area contributed by atoms with Gasteiger partial charge in [-0.3, -0.25) is 9.59 Å². The first-order valence-electron chi connectivity index (χ1n) is 7.47. The largest absolute Gasteiger partial charge is 0.481 e. The molecule has 1 aromatic carbocycles. The minimum Gasteiger partial charge on any atom is -0.481 e. The third-order valence-corrected chi connectivity index (χ3v) is 3.73. The monoisotopic (exact) mass is 333 g/mol. The fourth-order valence-electron chi connectivity index (χ4n) is 2.56. The van der Waals surface area contributed by atoms with E-state index in [0.29, 0.717) is 18.8 Å². The lowest BCUT2D eigenvalue weighted by Gasteiger charge is -2.31. The Morgan fingerprint density at radius 3 is 2.75 bits per heavy atom. The maximum atomic E-state index is 13.0. The predicted molar refractivity (Wildman–Crippen MR) is 81.4 cm³/mol. The van der Waals surface area contributed by atoms with Gasteiger partial charge in [0.1, 0.15) is 5.82 Å². The third kappa shape index (κ3) is 3.60. The molecule has 1 fully saturated rings. The van der Waals surface area contributed by atoms with Crippen LogP contribution in [0.15, 0.2) is 36.5 Å². The number of nitrogens with zero attached hydrogens (tertiary/aromatic N) is 3. The van der Waals surface area contributed by atoms with E-state index in [-0.39, 0.29) is 30.4 Å². The molecule has 126 valence electrons. The summed E-state index contributed by atoms with van der Waals surface area (Å²) in [4.78, 5) is 24.8. The van der Waals surface area contributed by atoms with E-state index in [1.54, 1.807) is 24.4 Å². The zero-order chi connectivity index (χ0) is 17.1. The van der Waals surface area contributed by atoms with Crippen molar-refractivity contribution in [2.24, 2.45) is 0 Å². The number of aromatic nitrogens is 2. The number of halogens is 1. The van der Waals surface area contributed by atoms with Gasteiger partial charge in [-0.25, -0.2) is 9.07 Å². The molecular weight excluding hydrogens is 317 g/mol. The van der Waals surface area contributed by atoms with Gasteiger partial charge in [-0.1, -0.05) is 0 Å². The summed E-state index contributed by atoms with van der Waals surface area (Å²) in [6.07, 6.45) is 0.961. The summed E-state index contributed by atoms with van der Waals surface area (Å²) in [7, 11) is 0. The molecule has 1 aliphatic rings. The lowest BCUT2D eigenvalue weighted by Crippen LogP contribution is -2.46. The number of carboxylic acids is 1. The van der Waals surface area contributed by atoms with E-state index in [9.17, 15) is 14.0 Å². The van der Waals surface area contributed by atoms with Crippen LogP contribution in [0.3, 0.4) is 0 Å².